The molecule has 2 heterocycles. The van der Waals surface area contributed by atoms with E-state index in [0.717, 1.165) is 19.5 Å². The molecule has 0 saturated carbocycles. The number of carbonyl (C=O) groups excluding carboxylic acids is 1. The highest BCUT2D eigenvalue weighted by molar-refractivity contribution is 5.77. The Balaban J connectivity index is 1.81. The molecule has 0 aromatic heterocycles. The summed E-state index contributed by atoms with van der Waals surface area (Å²) in [6, 6.07) is 0.594. The fraction of sp³-hybridized carbons (Fsp3) is 0.923. The molecule has 1 atom stereocenters. The first-order valence-electron chi connectivity index (χ1n) is 6.91. The Kier molecular flexibility index (Phi) is 4.80. The topological polar surface area (TPSA) is 32.8 Å². The maximum absolute atomic E-state index is 11.9. The number of nitrogens with zero attached hydrogens (tertiary/aromatic N) is 2. The molecule has 0 aliphatic carbocycles. The largest absolute Gasteiger partial charge is 0.372 e. The van der Waals surface area contributed by atoms with Crippen LogP contribution in [0, 0.1) is 0 Å². The molecule has 1 amide bonds. The first-order chi connectivity index (χ1) is 8.31. The number of amides is 1. The van der Waals surface area contributed by atoms with Crippen LogP contribution in [-0.4, -0.2) is 61.1 Å². The number of hydrogen-bond donors (Lipinski definition) is 0. The molecule has 0 spiro atoms. The average molecular weight is 240 g/mol. The average Bonchev–Trinajstić information content (AvgIpc) is 2.90. The molecule has 0 aromatic carbocycles. The summed E-state index contributed by atoms with van der Waals surface area (Å²) in [5.74, 6) is 0.163. The van der Waals surface area contributed by atoms with E-state index in [0.29, 0.717) is 12.6 Å². The van der Waals surface area contributed by atoms with Gasteiger partial charge < -0.3 is 9.64 Å². The Morgan fingerprint density at radius 3 is 2.71 bits per heavy atom. The normalized spacial score (nSPS) is 26.4. The van der Waals surface area contributed by atoms with Gasteiger partial charge in [0.1, 0.15) is 6.61 Å². The predicted molar refractivity (Wildman–Crippen MR) is 66.9 cm³/mol. The van der Waals surface area contributed by atoms with Crippen molar-refractivity contribution in [3.8, 4) is 0 Å². The molecule has 0 radical (unpaired) electrons. The highest BCUT2D eigenvalue weighted by Gasteiger charge is 2.28. The van der Waals surface area contributed by atoms with Crippen molar-refractivity contribution < 1.29 is 9.53 Å². The third-order valence-electron chi connectivity index (χ3n) is 3.84. The van der Waals surface area contributed by atoms with Gasteiger partial charge in [0.2, 0.25) is 5.91 Å². The van der Waals surface area contributed by atoms with Crippen LogP contribution in [0.1, 0.15) is 32.6 Å². The van der Waals surface area contributed by atoms with Crippen molar-refractivity contribution in [2.24, 2.45) is 0 Å². The summed E-state index contributed by atoms with van der Waals surface area (Å²) in [6.07, 6.45) is 5.03. The lowest BCUT2D eigenvalue weighted by Gasteiger charge is -2.37. The van der Waals surface area contributed by atoms with E-state index in [1.807, 2.05) is 11.8 Å². The van der Waals surface area contributed by atoms with Gasteiger partial charge in [0.15, 0.2) is 0 Å². The van der Waals surface area contributed by atoms with Gasteiger partial charge in [-0.1, -0.05) is 0 Å². The van der Waals surface area contributed by atoms with Crippen molar-refractivity contribution in [2.45, 2.75) is 38.6 Å². The van der Waals surface area contributed by atoms with Crippen LogP contribution in [0.2, 0.25) is 0 Å². The Bertz CT molecular complexity index is 252. The second-order valence-electron chi connectivity index (χ2n) is 5.02. The van der Waals surface area contributed by atoms with E-state index >= 15 is 0 Å². The van der Waals surface area contributed by atoms with Crippen molar-refractivity contribution in [1.82, 2.24) is 9.80 Å². The number of rotatable bonds is 4. The van der Waals surface area contributed by atoms with E-state index in [-0.39, 0.29) is 12.5 Å². The third kappa shape index (κ3) is 3.42. The van der Waals surface area contributed by atoms with E-state index in [9.17, 15) is 4.79 Å². The summed E-state index contributed by atoms with van der Waals surface area (Å²) in [5, 5.41) is 0. The van der Waals surface area contributed by atoms with Gasteiger partial charge in [-0.25, -0.2) is 0 Å². The molecule has 2 saturated heterocycles. The SMILES string of the molecule is CCOCC(=O)N1CCCC(N2CCCC2)C1. The smallest absolute Gasteiger partial charge is 0.248 e. The Morgan fingerprint density at radius 1 is 1.24 bits per heavy atom. The van der Waals surface area contributed by atoms with Crippen LogP contribution in [0.3, 0.4) is 0 Å². The van der Waals surface area contributed by atoms with Crippen LogP contribution in [0.4, 0.5) is 0 Å². The zero-order chi connectivity index (χ0) is 12.1. The van der Waals surface area contributed by atoms with Crippen molar-refractivity contribution in [2.75, 3.05) is 39.4 Å². The fourth-order valence-corrected chi connectivity index (χ4v) is 2.87. The van der Waals surface area contributed by atoms with E-state index in [1.54, 1.807) is 0 Å². The zero-order valence-electron chi connectivity index (χ0n) is 10.9. The number of hydrogen-bond acceptors (Lipinski definition) is 3. The molecule has 1 unspecified atom stereocenters. The molecule has 4 heteroatoms. The molecule has 2 aliphatic rings. The lowest BCUT2D eigenvalue weighted by molar-refractivity contribution is -0.138. The summed E-state index contributed by atoms with van der Waals surface area (Å²) in [5.41, 5.74) is 0. The van der Waals surface area contributed by atoms with Crippen LogP contribution in [0.25, 0.3) is 0 Å². The van der Waals surface area contributed by atoms with E-state index in [1.165, 1.54) is 32.4 Å². The molecule has 98 valence electrons. The van der Waals surface area contributed by atoms with Gasteiger partial charge in [-0.3, -0.25) is 9.69 Å². The monoisotopic (exact) mass is 240 g/mol. The summed E-state index contributed by atoms with van der Waals surface area (Å²) in [4.78, 5) is 16.4. The van der Waals surface area contributed by atoms with Gasteiger partial charge in [0, 0.05) is 25.7 Å². The van der Waals surface area contributed by atoms with Crippen LogP contribution < -0.4 is 0 Å². The second-order valence-corrected chi connectivity index (χ2v) is 5.02. The number of carbonyl (C=O) groups is 1. The van der Waals surface area contributed by atoms with Gasteiger partial charge in [0.05, 0.1) is 0 Å². The number of piperidine rings is 1. The van der Waals surface area contributed by atoms with Gasteiger partial charge >= 0.3 is 0 Å². The predicted octanol–water partition coefficient (Wildman–Crippen LogP) is 1.11. The number of likely N-dealkylation sites (tertiary alicyclic amines) is 2. The van der Waals surface area contributed by atoms with Gasteiger partial charge in [-0.05, 0) is 45.7 Å². The molecule has 2 rings (SSSR count). The third-order valence-corrected chi connectivity index (χ3v) is 3.84. The van der Waals surface area contributed by atoms with Gasteiger partial charge in [-0.15, -0.1) is 0 Å². The Morgan fingerprint density at radius 2 is 2.00 bits per heavy atom. The fourth-order valence-electron chi connectivity index (χ4n) is 2.87. The summed E-state index contributed by atoms with van der Waals surface area (Å²) in [6.45, 7) is 7.06. The highest BCUT2D eigenvalue weighted by Crippen LogP contribution is 2.20. The minimum Gasteiger partial charge on any atom is -0.372 e. The highest BCUT2D eigenvalue weighted by atomic mass is 16.5. The standard InChI is InChI=1S/C13H24N2O2/c1-2-17-11-13(16)15-9-5-6-12(10-15)14-7-3-4-8-14/h12H,2-11H2,1H3. The summed E-state index contributed by atoms with van der Waals surface area (Å²) < 4.78 is 5.20. The molecule has 2 fully saturated rings. The van der Waals surface area contributed by atoms with E-state index in [2.05, 4.69) is 4.90 Å². The molecule has 0 N–H and O–H groups in total. The Hall–Kier alpha value is -0.610. The van der Waals surface area contributed by atoms with Crippen LogP contribution in [0.5, 0.6) is 0 Å². The first kappa shape index (κ1) is 12.8. The minimum atomic E-state index is 0.163. The summed E-state index contributed by atoms with van der Waals surface area (Å²) in [7, 11) is 0. The quantitative estimate of drug-likeness (QED) is 0.738. The molecule has 0 aromatic rings. The molecule has 4 nitrogen and oxygen atoms in total. The molecule has 0 bridgehead atoms. The summed E-state index contributed by atoms with van der Waals surface area (Å²) >= 11 is 0. The maximum Gasteiger partial charge on any atom is 0.248 e. The van der Waals surface area contributed by atoms with Crippen LogP contribution in [-0.2, 0) is 9.53 Å². The van der Waals surface area contributed by atoms with Crippen LogP contribution >= 0.6 is 0 Å². The second kappa shape index (κ2) is 6.36. The van der Waals surface area contributed by atoms with Gasteiger partial charge in [0.25, 0.3) is 0 Å². The molecule has 17 heavy (non-hydrogen) atoms. The van der Waals surface area contributed by atoms with Crippen LogP contribution in [0.15, 0.2) is 0 Å². The molecular weight excluding hydrogens is 216 g/mol. The Labute approximate surface area is 104 Å². The van der Waals surface area contributed by atoms with Crippen molar-refractivity contribution in [3.63, 3.8) is 0 Å². The molecular formula is C13H24N2O2. The minimum absolute atomic E-state index is 0.163. The molecule has 2 aliphatic heterocycles. The first-order valence-corrected chi connectivity index (χ1v) is 6.91. The van der Waals surface area contributed by atoms with E-state index in [4.69, 9.17) is 4.74 Å². The van der Waals surface area contributed by atoms with E-state index < -0.39 is 0 Å². The lowest BCUT2D eigenvalue weighted by Crippen LogP contribution is -2.49. The van der Waals surface area contributed by atoms with Crippen molar-refractivity contribution in [1.29, 1.82) is 0 Å². The maximum atomic E-state index is 11.9. The zero-order valence-corrected chi connectivity index (χ0v) is 10.9. The van der Waals surface area contributed by atoms with Crippen molar-refractivity contribution >= 4 is 5.91 Å². The number of ether oxygens (including phenoxy) is 1. The lowest BCUT2D eigenvalue weighted by atomic mass is 10.0. The van der Waals surface area contributed by atoms with Crippen molar-refractivity contribution in [3.05, 3.63) is 0 Å². The van der Waals surface area contributed by atoms with Gasteiger partial charge in [-0.2, -0.15) is 0 Å².